The Morgan fingerprint density at radius 3 is 2.59 bits per heavy atom. The lowest BCUT2D eigenvalue weighted by Gasteiger charge is -2.21. The van der Waals surface area contributed by atoms with Crippen molar-refractivity contribution in [3.8, 4) is 5.88 Å². The van der Waals surface area contributed by atoms with E-state index in [1.54, 1.807) is 26.0 Å². The second-order valence-corrected chi connectivity index (χ2v) is 3.76. The molecule has 94 valence electrons. The Hall–Kier alpha value is -2.05. The number of hydrogen-bond donors (Lipinski definition) is 1. The largest absolute Gasteiger partial charge is 0.479 e. The molecule has 0 radical (unpaired) electrons. The van der Waals surface area contributed by atoms with Gasteiger partial charge >= 0.3 is 0 Å². The van der Waals surface area contributed by atoms with Crippen LogP contribution in [-0.2, 0) is 4.79 Å². The number of carbonyl (C=O) groups excluding carboxylic acids is 1. The highest BCUT2D eigenvalue weighted by molar-refractivity contribution is 5.82. The fourth-order valence-electron chi connectivity index (χ4n) is 1.26. The zero-order valence-corrected chi connectivity index (χ0v) is 10.5. The van der Waals surface area contributed by atoms with E-state index in [9.17, 15) is 4.79 Å². The maximum atomic E-state index is 11.6. The second-order valence-electron chi connectivity index (χ2n) is 3.76. The Morgan fingerprint density at radius 2 is 2.06 bits per heavy atom. The normalized spacial score (nSPS) is 9.88. The number of methoxy groups -OCH3 is 1. The van der Waals surface area contributed by atoms with E-state index in [1.165, 1.54) is 18.3 Å². The molecular weight excluding hydrogens is 222 g/mol. The van der Waals surface area contributed by atoms with E-state index in [0.717, 1.165) is 0 Å². The van der Waals surface area contributed by atoms with Crippen LogP contribution in [0.2, 0.25) is 0 Å². The van der Waals surface area contributed by atoms with Gasteiger partial charge in [0.1, 0.15) is 12.0 Å². The van der Waals surface area contributed by atoms with Crippen molar-refractivity contribution in [3.63, 3.8) is 0 Å². The number of nitrogens with two attached hydrogens (primary N) is 1. The highest BCUT2D eigenvalue weighted by Gasteiger charge is 2.15. The van der Waals surface area contributed by atoms with Crippen LogP contribution >= 0.6 is 0 Å². The van der Waals surface area contributed by atoms with Crippen molar-refractivity contribution >= 4 is 17.4 Å². The smallest absolute Gasteiger partial charge is 0.242 e. The molecule has 2 N–H and O–H groups in total. The van der Waals surface area contributed by atoms with E-state index >= 15 is 0 Å². The van der Waals surface area contributed by atoms with E-state index in [-0.39, 0.29) is 12.5 Å². The number of amides is 1. The third-order valence-corrected chi connectivity index (χ3v) is 2.25. The average molecular weight is 239 g/mol. The third-order valence-electron chi connectivity index (χ3n) is 2.25. The number of aromatic nitrogens is 2. The molecule has 0 aliphatic heterocycles. The molecule has 1 aromatic heterocycles. The van der Waals surface area contributed by atoms with Crippen LogP contribution in [-0.4, -0.2) is 55.6 Å². The molecule has 0 unspecified atom stereocenters. The zero-order chi connectivity index (χ0) is 13.0. The second kappa shape index (κ2) is 5.33. The molecule has 7 nitrogen and oxygen atoms in total. The first-order valence-electron chi connectivity index (χ1n) is 5.03. The summed E-state index contributed by atoms with van der Waals surface area (Å²) in [6.07, 6.45) is 1.35. The summed E-state index contributed by atoms with van der Waals surface area (Å²) in [5, 5.41) is 0. The molecule has 0 aliphatic rings. The van der Waals surface area contributed by atoms with Gasteiger partial charge in [-0.2, -0.15) is 4.98 Å². The number of rotatable bonds is 4. The van der Waals surface area contributed by atoms with E-state index in [2.05, 4.69) is 9.97 Å². The Balaban J connectivity index is 2.89. The number of hydrogen-bond acceptors (Lipinski definition) is 6. The first-order chi connectivity index (χ1) is 7.97. The minimum atomic E-state index is -0.0375. The van der Waals surface area contributed by atoms with Gasteiger partial charge in [-0.1, -0.05) is 0 Å². The number of likely N-dealkylation sites (N-methyl/N-ethyl adjacent to an activating group) is 2. The molecule has 17 heavy (non-hydrogen) atoms. The average Bonchev–Trinajstić information content (AvgIpc) is 2.28. The van der Waals surface area contributed by atoms with Gasteiger partial charge in [0.2, 0.25) is 11.8 Å². The van der Waals surface area contributed by atoms with E-state index in [1.807, 2.05) is 0 Å². The molecule has 0 saturated heterocycles. The Bertz CT molecular complexity index is 408. The number of nitrogens with zero attached hydrogens (tertiary/aromatic N) is 4. The molecular formula is C10H17N5O2. The molecule has 0 aliphatic carbocycles. The van der Waals surface area contributed by atoms with Gasteiger partial charge in [-0.05, 0) is 0 Å². The van der Waals surface area contributed by atoms with Crippen LogP contribution in [0, 0.1) is 0 Å². The monoisotopic (exact) mass is 239 g/mol. The summed E-state index contributed by atoms with van der Waals surface area (Å²) >= 11 is 0. The molecule has 0 bridgehead atoms. The molecule has 1 heterocycles. The fourth-order valence-corrected chi connectivity index (χ4v) is 1.26. The topological polar surface area (TPSA) is 84.6 Å². The Labute approximate surface area is 100 Å². The van der Waals surface area contributed by atoms with Crippen molar-refractivity contribution in [2.45, 2.75) is 0 Å². The molecule has 1 amide bonds. The molecule has 1 rings (SSSR count). The molecule has 1 aromatic rings. The summed E-state index contributed by atoms with van der Waals surface area (Å²) < 4.78 is 4.99. The van der Waals surface area contributed by atoms with E-state index in [4.69, 9.17) is 10.5 Å². The van der Waals surface area contributed by atoms with Gasteiger partial charge in [-0.25, -0.2) is 4.98 Å². The number of nitrogen functional groups attached to an aromatic ring is 1. The lowest BCUT2D eigenvalue weighted by atomic mass is 10.4. The van der Waals surface area contributed by atoms with Gasteiger partial charge in [-0.15, -0.1) is 0 Å². The third kappa shape index (κ3) is 2.96. The van der Waals surface area contributed by atoms with Gasteiger partial charge in [-0.3, -0.25) is 4.79 Å². The number of ether oxygens (including phenoxy) is 1. The van der Waals surface area contributed by atoms with Gasteiger partial charge in [0.15, 0.2) is 5.82 Å². The Morgan fingerprint density at radius 1 is 1.41 bits per heavy atom. The fraction of sp³-hybridized carbons (Fsp3) is 0.500. The van der Waals surface area contributed by atoms with Crippen LogP contribution in [0.15, 0.2) is 6.33 Å². The van der Waals surface area contributed by atoms with Crippen LogP contribution in [0.5, 0.6) is 5.88 Å². The zero-order valence-electron chi connectivity index (χ0n) is 10.5. The predicted molar refractivity (Wildman–Crippen MR) is 65.0 cm³/mol. The minimum absolute atomic E-state index is 0.0375. The highest BCUT2D eigenvalue weighted by atomic mass is 16.5. The summed E-state index contributed by atoms with van der Waals surface area (Å²) in [6.45, 7) is 0.192. The summed E-state index contributed by atoms with van der Waals surface area (Å²) in [4.78, 5) is 22.6. The lowest BCUT2D eigenvalue weighted by Crippen LogP contribution is -2.35. The summed E-state index contributed by atoms with van der Waals surface area (Å²) in [5.74, 6) is 0.746. The van der Waals surface area contributed by atoms with Crippen LogP contribution in [0.25, 0.3) is 0 Å². The number of anilines is 2. The SMILES string of the molecule is COc1ncnc(N(C)CC(=O)N(C)C)c1N. The van der Waals surface area contributed by atoms with Gasteiger partial charge in [0, 0.05) is 21.1 Å². The molecule has 0 aromatic carbocycles. The van der Waals surface area contributed by atoms with Crippen molar-refractivity contribution < 1.29 is 9.53 Å². The van der Waals surface area contributed by atoms with E-state index < -0.39 is 0 Å². The summed E-state index contributed by atoms with van der Waals surface area (Å²) in [6, 6.07) is 0. The maximum Gasteiger partial charge on any atom is 0.242 e. The Kier molecular flexibility index (Phi) is 4.08. The minimum Gasteiger partial charge on any atom is -0.479 e. The van der Waals surface area contributed by atoms with Crippen molar-refractivity contribution in [3.05, 3.63) is 6.33 Å². The van der Waals surface area contributed by atoms with Crippen molar-refractivity contribution in [1.29, 1.82) is 0 Å². The summed E-state index contributed by atoms with van der Waals surface area (Å²) in [7, 11) is 6.60. The lowest BCUT2D eigenvalue weighted by molar-refractivity contribution is -0.127. The molecule has 0 atom stereocenters. The van der Waals surface area contributed by atoms with Gasteiger partial charge in [0.05, 0.1) is 13.7 Å². The molecule has 0 spiro atoms. The number of carbonyl (C=O) groups is 1. The van der Waals surface area contributed by atoms with Gasteiger partial charge < -0.3 is 20.3 Å². The van der Waals surface area contributed by atoms with E-state index in [0.29, 0.717) is 17.4 Å². The van der Waals surface area contributed by atoms with Crippen molar-refractivity contribution in [2.24, 2.45) is 0 Å². The van der Waals surface area contributed by atoms with Crippen molar-refractivity contribution in [1.82, 2.24) is 14.9 Å². The quantitative estimate of drug-likeness (QED) is 0.769. The molecule has 0 saturated carbocycles. The first kappa shape index (κ1) is 13.0. The standard InChI is InChI=1S/C10H17N5O2/c1-14(2)7(16)5-15(3)9-8(11)10(17-4)13-6-12-9/h6H,5,11H2,1-4H3. The predicted octanol–water partition coefficient (Wildman–Crippen LogP) is -0.408. The van der Waals surface area contributed by atoms with Crippen LogP contribution in [0.3, 0.4) is 0 Å². The van der Waals surface area contributed by atoms with Crippen LogP contribution < -0.4 is 15.4 Å². The van der Waals surface area contributed by atoms with Crippen LogP contribution in [0.4, 0.5) is 11.5 Å². The van der Waals surface area contributed by atoms with Crippen LogP contribution in [0.1, 0.15) is 0 Å². The highest BCUT2D eigenvalue weighted by Crippen LogP contribution is 2.26. The van der Waals surface area contributed by atoms with Gasteiger partial charge in [0.25, 0.3) is 0 Å². The summed E-state index contributed by atoms with van der Waals surface area (Å²) in [5.41, 5.74) is 6.15. The molecule has 7 heteroatoms. The molecule has 0 fully saturated rings. The first-order valence-corrected chi connectivity index (χ1v) is 5.03. The maximum absolute atomic E-state index is 11.6. The van der Waals surface area contributed by atoms with Crippen molar-refractivity contribution in [2.75, 3.05) is 45.4 Å².